The highest BCUT2D eigenvalue weighted by Gasteiger charge is 2.08. The molecule has 15 heavy (non-hydrogen) atoms. The summed E-state index contributed by atoms with van der Waals surface area (Å²) in [4.78, 5) is 0. The van der Waals surface area contributed by atoms with E-state index in [-0.39, 0.29) is 6.10 Å². The summed E-state index contributed by atoms with van der Waals surface area (Å²) in [5.74, 6) is 0. The summed E-state index contributed by atoms with van der Waals surface area (Å²) in [5.41, 5.74) is 0.997. The third-order valence-corrected chi connectivity index (χ3v) is 2.54. The van der Waals surface area contributed by atoms with Crippen molar-refractivity contribution in [1.29, 1.82) is 0 Å². The van der Waals surface area contributed by atoms with E-state index in [0.29, 0.717) is 19.0 Å². The maximum absolute atomic E-state index is 9.75. The molecule has 0 aliphatic heterocycles. The molecule has 0 aliphatic rings. The van der Waals surface area contributed by atoms with Crippen molar-refractivity contribution in [1.82, 2.24) is 5.32 Å². The molecule has 2 nitrogen and oxygen atoms in total. The van der Waals surface area contributed by atoms with Gasteiger partial charge in [0.25, 0.3) is 0 Å². The second-order valence-corrected chi connectivity index (χ2v) is 4.42. The number of aliphatic hydroxyl groups is 1. The molecule has 1 unspecified atom stereocenters. The van der Waals surface area contributed by atoms with E-state index in [4.69, 9.17) is 11.6 Å². The lowest BCUT2D eigenvalue weighted by molar-refractivity contribution is 0.169. The summed E-state index contributed by atoms with van der Waals surface area (Å²) in [6.45, 7) is 4.72. The molecule has 2 N–H and O–H groups in total. The Morgan fingerprint density at radius 1 is 1.33 bits per heavy atom. The lowest BCUT2D eigenvalue weighted by atomic mass is 10.1. The third kappa shape index (κ3) is 4.65. The standard InChI is InChI=1S/C12H18ClNO/c1-9(2)14-8-11(15)7-10-5-3-4-6-12(10)13/h3-6,9,11,14-15H,7-8H2,1-2H3. The highest BCUT2D eigenvalue weighted by molar-refractivity contribution is 6.31. The molecule has 0 aromatic heterocycles. The fourth-order valence-corrected chi connectivity index (χ4v) is 1.57. The highest BCUT2D eigenvalue weighted by atomic mass is 35.5. The molecule has 1 rings (SSSR count). The van der Waals surface area contributed by atoms with E-state index in [0.717, 1.165) is 10.6 Å². The van der Waals surface area contributed by atoms with Crippen LogP contribution < -0.4 is 5.32 Å². The summed E-state index contributed by atoms with van der Waals surface area (Å²) < 4.78 is 0. The zero-order valence-electron chi connectivity index (χ0n) is 9.20. The average molecular weight is 228 g/mol. The number of halogens is 1. The minimum atomic E-state index is -0.382. The molecule has 84 valence electrons. The maximum atomic E-state index is 9.75. The van der Waals surface area contributed by atoms with Gasteiger partial charge in [0.15, 0.2) is 0 Å². The largest absolute Gasteiger partial charge is 0.391 e. The second kappa shape index (κ2) is 6.11. The molecule has 0 heterocycles. The molecular weight excluding hydrogens is 210 g/mol. The summed E-state index contributed by atoms with van der Waals surface area (Å²) in [6, 6.07) is 8.01. The Kier molecular flexibility index (Phi) is 5.09. The van der Waals surface area contributed by atoms with Gasteiger partial charge in [-0.25, -0.2) is 0 Å². The SMILES string of the molecule is CC(C)NCC(O)Cc1ccccc1Cl. The normalized spacial score (nSPS) is 13.1. The molecule has 0 radical (unpaired) electrons. The zero-order chi connectivity index (χ0) is 11.3. The smallest absolute Gasteiger partial charge is 0.0705 e. The van der Waals surface area contributed by atoms with Crippen LogP contribution in [0.25, 0.3) is 0 Å². The highest BCUT2D eigenvalue weighted by Crippen LogP contribution is 2.16. The molecule has 3 heteroatoms. The van der Waals surface area contributed by atoms with Crippen LogP contribution in [-0.2, 0) is 6.42 Å². The van der Waals surface area contributed by atoms with Crippen LogP contribution in [-0.4, -0.2) is 23.8 Å². The molecule has 0 aliphatic carbocycles. The number of nitrogens with one attached hydrogen (secondary N) is 1. The van der Waals surface area contributed by atoms with Gasteiger partial charge >= 0.3 is 0 Å². The van der Waals surface area contributed by atoms with E-state index in [1.54, 1.807) is 0 Å². The fourth-order valence-electron chi connectivity index (χ4n) is 1.36. The fraction of sp³-hybridized carbons (Fsp3) is 0.500. The Morgan fingerprint density at radius 3 is 2.60 bits per heavy atom. The van der Waals surface area contributed by atoms with E-state index in [1.165, 1.54) is 0 Å². The summed E-state index contributed by atoms with van der Waals surface area (Å²) in [7, 11) is 0. The van der Waals surface area contributed by atoms with Gasteiger partial charge in [0.1, 0.15) is 0 Å². The molecule has 0 saturated heterocycles. The van der Waals surface area contributed by atoms with Gasteiger partial charge in [0.05, 0.1) is 6.10 Å². The van der Waals surface area contributed by atoms with Crippen molar-refractivity contribution in [2.75, 3.05) is 6.54 Å². The van der Waals surface area contributed by atoms with E-state index < -0.39 is 0 Å². The van der Waals surface area contributed by atoms with Gasteiger partial charge in [-0.05, 0) is 11.6 Å². The Labute approximate surface area is 96.3 Å². The summed E-state index contributed by atoms with van der Waals surface area (Å²) in [6.07, 6.45) is 0.214. The van der Waals surface area contributed by atoms with Gasteiger partial charge in [0, 0.05) is 24.0 Å². The van der Waals surface area contributed by atoms with Crippen molar-refractivity contribution < 1.29 is 5.11 Å². The first-order valence-corrected chi connectivity index (χ1v) is 5.62. The van der Waals surface area contributed by atoms with Crippen LogP contribution in [0.4, 0.5) is 0 Å². The molecule has 0 amide bonds. The molecule has 1 atom stereocenters. The summed E-state index contributed by atoms with van der Waals surface area (Å²) in [5, 5.41) is 13.7. The van der Waals surface area contributed by atoms with Gasteiger partial charge in [0.2, 0.25) is 0 Å². The van der Waals surface area contributed by atoms with E-state index in [1.807, 2.05) is 24.3 Å². The average Bonchev–Trinajstić information content (AvgIpc) is 2.18. The predicted octanol–water partition coefficient (Wildman–Crippen LogP) is 2.24. The van der Waals surface area contributed by atoms with Crippen LogP contribution in [0.1, 0.15) is 19.4 Å². The van der Waals surface area contributed by atoms with Crippen LogP contribution >= 0.6 is 11.6 Å². The third-order valence-electron chi connectivity index (χ3n) is 2.18. The first kappa shape index (κ1) is 12.5. The molecule has 1 aromatic carbocycles. The molecular formula is C12H18ClNO. The van der Waals surface area contributed by atoms with Gasteiger partial charge in [-0.1, -0.05) is 43.6 Å². The lowest BCUT2D eigenvalue weighted by Gasteiger charge is -2.14. The molecule has 1 aromatic rings. The number of benzene rings is 1. The quantitative estimate of drug-likeness (QED) is 0.809. The first-order valence-electron chi connectivity index (χ1n) is 5.24. The maximum Gasteiger partial charge on any atom is 0.0705 e. The number of hydrogen-bond acceptors (Lipinski definition) is 2. The Bertz CT molecular complexity index is 301. The van der Waals surface area contributed by atoms with Crippen LogP contribution in [0.2, 0.25) is 5.02 Å². The topological polar surface area (TPSA) is 32.3 Å². The minimum Gasteiger partial charge on any atom is -0.391 e. The van der Waals surface area contributed by atoms with E-state index >= 15 is 0 Å². The summed E-state index contributed by atoms with van der Waals surface area (Å²) >= 11 is 6.00. The van der Waals surface area contributed by atoms with Gasteiger partial charge in [-0.15, -0.1) is 0 Å². The predicted molar refractivity (Wildman–Crippen MR) is 64.3 cm³/mol. The number of hydrogen-bond donors (Lipinski definition) is 2. The van der Waals surface area contributed by atoms with Crippen molar-refractivity contribution in [3.05, 3.63) is 34.9 Å². The molecule has 0 fully saturated rings. The van der Waals surface area contributed by atoms with Gasteiger partial charge < -0.3 is 10.4 Å². The van der Waals surface area contributed by atoms with Crippen molar-refractivity contribution in [2.24, 2.45) is 0 Å². The Morgan fingerprint density at radius 2 is 2.00 bits per heavy atom. The first-order chi connectivity index (χ1) is 7.09. The van der Waals surface area contributed by atoms with Crippen LogP contribution in [0, 0.1) is 0 Å². The van der Waals surface area contributed by atoms with Gasteiger partial charge in [-0.3, -0.25) is 0 Å². The van der Waals surface area contributed by atoms with E-state index in [9.17, 15) is 5.11 Å². The van der Waals surface area contributed by atoms with Crippen LogP contribution in [0.5, 0.6) is 0 Å². The number of aliphatic hydroxyl groups excluding tert-OH is 1. The van der Waals surface area contributed by atoms with Crippen molar-refractivity contribution in [3.63, 3.8) is 0 Å². The minimum absolute atomic E-state index is 0.382. The number of rotatable bonds is 5. The molecule has 0 saturated carbocycles. The molecule has 0 bridgehead atoms. The lowest BCUT2D eigenvalue weighted by Crippen LogP contribution is -2.33. The van der Waals surface area contributed by atoms with Crippen molar-refractivity contribution in [2.45, 2.75) is 32.4 Å². The van der Waals surface area contributed by atoms with E-state index in [2.05, 4.69) is 19.2 Å². The Balaban J connectivity index is 2.44. The molecule has 0 spiro atoms. The van der Waals surface area contributed by atoms with Crippen molar-refractivity contribution >= 4 is 11.6 Å². The zero-order valence-corrected chi connectivity index (χ0v) is 9.96. The monoisotopic (exact) mass is 227 g/mol. The van der Waals surface area contributed by atoms with Crippen molar-refractivity contribution in [3.8, 4) is 0 Å². The van der Waals surface area contributed by atoms with Crippen LogP contribution in [0.15, 0.2) is 24.3 Å². The Hall–Kier alpha value is -0.570. The second-order valence-electron chi connectivity index (χ2n) is 4.01. The van der Waals surface area contributed by atoms with Gasteiger partial charge in [-0.2, -0.15) is 0 Å². The van der Waals surface area contributed by atoms with Crippen LogP contribution in [0.3, 0.4) is 0 Å².